The van der Waals surface area contributed by atoms with Crippen LogP contribution in [0.15, 0.2) is 0 Å². The minimum absolute atomic E-state index is 0.225. The molecule has 16 heavy (non-hydrogen) atoms. The van der Waals surface area contributed by atoms with Crippen molar-refractivity contribution in [1.82, 2.24) is 10.2 Å². The summed E-state index contributed by atoms with van der Waals surface area (Å²) in [6.45, 7) is 12.8. The number of carbonyl (C=O) groups is 1. The van der Waals surface area contributed by atoms with Crippen molar-refractivity contribution >= 4 is 5.91 Å². The van der Waals surface area contributed by atoms with Gasteiger partial charge in [-0.2, -0.15) is 0 Å². The minimum Gasteiger partial charge on any atom is -0.342 e. The lowest BCUT2D eigenvalue weighted by molar-refractivity contribution is -0.130. The first kappa shape index (κ1) is 15.4. The summed E-state index contributed by atoms with van der Waals surface area (Å²) in [6.07, 6.45) is 2.19. The number of nitrogens with one attached hydrogen (secondary N) is 1. The van der Waals surface area contributed by atoms with Crippen LogP contribution >= 0.6 is 0 Å². The van der Waals surface area contributed by atoms with Gasteiger partial charge in [0.25, 0.3) is 0 Å². The van der Waals surface area contributed by atoms with Gasteiger partial charge in [-0.05, 0) is 26.2 Å². The quantitative estimate of drug-likeness (QED) is 0.691. The summed E-state index contributed by atoms with van der Waals surface area (Å²) in [7, 11) is 0. The minimum atomic E-state index is 0.225. The molecule has 2 atom stereocenters. The first-order valence-electron chi connectivity index (χ1n) is 6.56. The smallest absolute Gasteiger partial charge is 0.236 e. The highest BCUT2D eigenvalue weighted by Gasteiger charge is 2.14. The van der Waals surface area contributed by atoms with E-state index in [9.17, 15) is 4.79 Å². The van der Waals surface area contributed by atoms with Gasteiger partial charge in [0.15, 0.2) is 0 Å². The Balaban J connectivity index is 4.00. The molecule has 0 aromatic carbocycles. The molecular weight excluding hydrogens is 200 g/mol. The Labute approximate surface area is 101 Å². The number of likely N-dealkylation sites (N-methyl/N-ethyl adjacent to an activating group) is 1. The zero-order valence-electron chi connectivity index (χ0n) is 11.5. The fraction of sp³-hybridized carbons (Fsp3) is 0.923. The summed E-state index contributed by atoms with van der Waals surface area (Å²) in [6, 6.07) is 0.422. The lowest BCUT2D eigenvalue weighted by Gasteiger charge is -2.25. The van der Waals surface area contributed by atoms with Crippen LogP contribution in [0.2, 0.25) is 0 Å². The van der Waals surface area contributed by atoms with Crippen LogP contribution in [0, 0.1) is 5.92 Å². The second-order valence-electron chi connectivity index (χ2n) is 4.64. The van der Waals surface area contributed by atoms with Gasteiger partial charge >= 0.3 is 0 Å². The van der Waals surface area contributed by atoms with Crippen molar-refractivity contribution in [2.24, 2.45) is 5.92 Å². The van der Waals surface area contributed by atoms with Crippen molar-refractivity contribution < 1.29 is 4.79 Å². The Morgan fingerprint density at radius 3 is 2.25 bits per heavy atom. The summed E-state index contributed by atoms with van der Waals surface area (Å²) in [5.74, 6) is 0.815. The Morgan fingerprint density at radius 1 is 1.19 bits per heavy atom. The Hall–Kier alpha value is -0.570. The molecule has 0 bridgehead atoms. The molecule has 0 spiro atoms. The summed E-state index contributed by atoms with van der Waals surface area (Å²) >= 11 is 0. The van der Waals surface area contributed by atoms with Crippen LogP contribution < -0.4 is 5.32 Å². The molecule has 1 amide bonds. The monoisotopic (exact) mass is 228 g/mol. The van der Waals surface area contributed by atoms with Crippen molar-refractivity contribution in [3.05, 3.63) is 0 Å². The number of rotatable bonds is 8. The maximum Gasteiger partial charge on any atom is 0.236 e. The van der Waals surface area contributed by atoms with Gasteiger partial charge in [0, 0.05) is 19.1 Å². The van der Waals surface area contributed by atoms with Gasteiger partial charge in [0.1, 0.15) is 0 Å². The molecule has 0 rings (SSSR count). The second-order valence-corrected chi connectivity index (χ2v) is 4.64. The van der Waals surface area contributed by atoms with E-state index in [1.165, 1.54) is 0 Å². The standard InChI is InChI=1S/C13H28N2O/c1-6-11(4)10-15(8-3)13(16)9-14-12(5)7-2/h11-12,14H,6-10H2,1-5H3. The average molecular weight is 228 g/mol. The van der Waals surface area contributed by atoms with Crippen LogP contribution in [0.1, 0.15) is 47.5 Å². The lowest BCUT2D eigenvalue weighted by atomic mass is 10.1. The maximum atomic E-state index is 11.9. The summed E-state index contributed by atoms with van der Waals surface area (Å²) in [5.41, 5.74) is 0. The first-order chi connectivity index (χ1) is 7.54. The molecular formula is C13H28N2O. The number of hydrogen-bond donors (Lipinski definition) is 1. The van der Waals surface area contributed by atoms with Crippen LogP contribution in [0.4, 0.5) is 0 Å². The third kappa shape index (κ3) is 6.11. The molecule has 0 radical (unpaired) electrons. The molecule has 0 heterocycles. The number of amides is 1. The van der Waals surface area contributed by atoms with Gasteiger partial charge in [-0.1, -0.05) is 27.2 Å². The average Bonchev–Trinajstić information content (AvgIpc) is 2.31. The van der Waals surface area contributed by atoms with E-state index >= 15 is 0 Å². The number of hydrogen-bond acceptors (Lipinski definition) is 2. The van der Waals surface area contributed by atoms with Crippen molar-refractivity contribution in [2.75, 3.05) is 19.6 Å². The molecule has 0 aromatic rings. The fourth-order valence-corrected chi connectivity index (χ4v) is 1.43. The largest absolute Gasteiger partial charge is 0.342 e. The SMILES string of the molecule is CCC(C)CN(CC)C(=O)CNC(C)CC. The topological polar surface area (TPSA) is 32.3 Å². The van der Waals surface area contributed by atoms with Crippen LogP contribution in [-0.4, -0.2) is 36.5 Å². The molecule has 3 nitrogen and oxygen atoms in total. The van der Waals surface area contributed by atoms with Gasteiger partial charge in [0.2, 0.25) is 5.91 Å². The van der Waals surface area contributed by atoms with Gasteiger partial charge < -0.3 is 10.2 Å². The summed E-state index contributed by atoms with van der Waals surface area (Å²) in [4.78, 5) is 13.9. The van der Waals surface area contributed by atoms with Crippen molar-refractivity contribution in [3.63, 3.8) is 0 Å². The summed E-state index contributed by atoms with van der Waals surface area (Å²) < 4.78 is 0. The van der Waals surface area contributed by atoms with E-state index in [1.807, 2.05) is 11.8 Å². The fourth-order valence-electron chi connectivity index (χ4n) is 1.43. The van der Waals surface area contributed by atoms with Crippen molar-refractivity contribution in [1.29, 1.82) is 0 Å². The van der Waals surface area contributed by atoms with Gasteiger partial charge in [-0.15, -0.1) is 0 Å². The highest BCUT2D eigenvalue weighted by molar-refractivity contribution is 5.78. The van der Waals surface area contributed by atoms with Crippen LogP contribution in [0.3, 0.4) is 0 Å². The number of nitrogens with zero attached hydrogens (tertiary/aromatic N) is 1. The second kappa shape index (κ2) is 8.57. The summed E-state index contributed by atoms with van der Waals surface area (Å²) in [5, 5.41) is 3.25. The van der Waals surface area contributed by atoms with E-state index in [2.05, 4.69) is 33.0 Å². The maximum absolute atomic E-state index is 11.9. The van der Waals surface area contributed by atoms with Crippen LogP contribution in [0.25, 0.3) is 0 Å². The molecule has 0 fully saturated rings. The van der Waals surface area contributed by atoms with Crippen molar-refractivity contribution in [2.45, 2.75) is 53.5 Å². The Morgan fingerprint density at radius 2 is 1.81 bits per heavy atom. The van der Waals surface area contributed by atoms with E-state index in [0.29, 0.717) is 18.5 Å². The molecule has 3 heteroatoms. The van der Waals surface area contributed by atoms with E-state index in [1.54, 1.807) is 0 Å². The third-order valence-electron chi connectivity index (χ3n) is 3.18. The Kier molecular flexibility index (Phi) is 8.26. The molecule has 1 N–H and O–H groups in total. The first-order valence-corrected chi connectivity index (χ1v) is 6.56. The zero-order chi connectivity index (χ0) is 12.6. The van der Waals surface area contributed by atoms with Gasteiger partial charge in [-0.25, -0.2) is 0 Å². The van der Waals surface area contributed by atoms with Crippen LogP contribution in [0.5, 0.6) is 0 Å². The van der Waals surface area contributed by atoms with Crippen LogP contribution in [-0.2, 0) is 4.79 Å². The normalized spacial score (nSPS) is 14.6. The van der Waals surface area contributed by atoms with E-state index in [-0.39, 0.29) is 5.91 Å². The van der Waals surface area contributed by atoms with E-state index < -0.39 is 0 Å². The highest BCUT2D eigenvalue weighted by Crippen LogP contribution is 2.04. The molecule has 0 aromatic heterocycles. The molecule has 0 saturated heterocycles. The molecule has 0 aliphatic carbocycles. The molecule has 0 aliphatic rings. The van der Waals surface area contributed by atoms with Gasteiger partial charge in [-0.3, -0.25) is 4.79 Å². The van der Waals surface area contributed by atoms with E-state index in [4.69, 9.17) is 0 Å². The lowest BCUT2D eigenvalue weighted by Crippen LogP contribution is -2.42. The predicted molar refractivity (Wildman–Crippen MR) is 69.5 cm³/mol. The highest BCUT2D eigenvalue weighted by atomic mass is 16.2. The molecule has 0 saturated carbocycles. The molecule has 0 aliphatic heterocycles. The molecule has 2 unspecified atom stereocenters. The van der Waals surface area contributed by atoms with Gasteiger partial charge in [0.05, 0.1) is 6.54 Å². The molecule has 96 valence electrons. The predicted octanol–water partition coefficient (Wildman–Crippen LogP) is 2.27. The zero-order valence-corrected chi connectivity index (χ0v) is 11.5. The third-order valence-corrected chi connectivity index (χ3v) is 3.18. The van der Waals surface area contributed by atoms with E-state index in [0.717, 1.165) is 25.9 Å². The van der Waals surface area contributed by atoms with Crippen molar-refractivity contribution in [3.8, 4) is 0 Å². The number of carbonyl (C=O) groups excluding carboxylic acids is 1. The Bertz CT molecular complexity index is 194.